The van der Waals surface area contributed by atoms with Crippen LogP contribution in [0.25, 0.3) is 0 Å². The van der Waals surface area contributed by atoms with E-state index >= 15 is 0 Å². The molecule has 0 unspecified atom stereocenters. The minimum Gasteiger partial charge on any atom is -0.480 e. The fourth-order valence-corrected chi connectivity index (χ4v) is 1.99. The van der Waals surface area contributed by atoms with Crippen LogP contribution in [0.5, 0.6) is 11.5 Å². The first-order valence-corrected chi connectivity index (χ1v) is 6.65. The zero-order valence-corrected chi connectivity index (χ0v) is 11.9. The smallest absolute Gasteiger partial charge is 0.326 e. The van der Waals surface area contributed by atoms with Crippen LogP contribution in [-0.4, -0.2) is 29.9 Å². The van der Waals surface area contributed by atoms with Crippen molar-refractivity contribution >= 4 is 17.7 Å². The molecule has 0 fully saturated rings. The highest BCUT2D eigenvalue weighted by Gasteiger charge is 2.21. The second kappa shape index (κ2) is 6.34. The molecule has 0 radical (unpaired) electrons. The summed E-state index contributed by atoms with van der Waals surface area (Å²) in [5.74, 6) is 0.274. The summed E-state index contributed by atoms with van der Waals surface area (Å²) in [5.41, 5.74) is 0.505. The van der Waals surface area contributed by atoms with Gasteiger partial charge in [-0.1, -0.05) is 13.8 Å². The monoisotopic (exact) mass is 294 g/mol. The van der Waals surface area contributed by atoms with Crippen LogP contribution in [0.15, 0.2) is 18.2 Å². The van der Waals surface area contributed by atoms with Gasteiger partial charge in [-0.3, -0.25) is 0 Å². The number of carbonyl (C=O) groups is 2. The summed E-state index contributed by atoms with van der Waals surface area (Å²) < 4.78 is 10.4. The number of carbonyl (C=O) groups excluding carboxylic acids is 1. The quantitative estimate of drug-likeness (QED) is 0.772. The van der Waals surface area contributed by atoms with E-state index in [1.807, 2.05) is 13.8 Å². The Morgan fingerprint density at radius 1 is 1.29 bits per heavy atom. The molecule has 1 aromatic carbocycles. The van der Waals surface area contributed by atoms with E-state index in [2.05, 4.69) is 10.6 Å². The van der Waals surface area contributed by atoms with Crippen molar-refractivity contribution in [1.82, 2.24) is 5.32 Å². The number of ether oxygens (including phenoxy) is 2. The first kappa shape index (κ1) is 15.0. The average Bonchev–Trinajstić information content (AvgIpc) is 2.84. The Morgan fingerprint density at radius 2 is 2.00 bits per heavy atom. The number of urea groups is 1. The molecule has 0 saturated heterocycles. The van der Waals surface area contributed by atoms with Gasteiger partial charge in [0.2, 0.25) is 6.79 Å². The molecule has 1 aliphatic heterocycles. The lowest BCUT2D eigenvalue weighted by Gasteiger charge is -2.17. The predicted octanol–water partition coefficient (Wildman–Crippen LogP) is 2.04. The second-order valence-corrected chi connectivity index (χ2v) is 5.19. The molecule has 1 aromatic rings. The van der Waals surface area contributed by atoms with Crippen molar-refractivity contribution in [3.8, 4) is 11.5 Å². The third-order valence-electron chi connectivity index (χ3n) is 2.94. The number of hydrogen-bond donors (Lipinski definition) is 3. The molecule has 3 N–H and O–H groups in total. The fourth-order valence-electron chi connectivity index (χ4n) is 1.99. The van der Waals surface area contributed by atoms with Gasteiger partial charge in [-0.25, -0.2) is 9.59 Å². The van der Waals surface area contributed by atoms with Gasteiger partial charge in [0.15, 0.2) is 11.5 Å². The van der Waals surface area contributed by atoms with Gasteiger partial charge in [-0.2, -0.15) is 0 Å². The van der Waals surface area contributed by atoms with Gasteiger partial charge in [-0.15, -0.1) is 0 Å². The Kier molecular flexibility index (Phi) is 4.52. The van der Waals surface area contributed by atoms with Gasteiger partial charge >= 0.3 is 12.0 Å². The molecule has 0 spiro atoms. The van der Waals surface area contributed by atoms with Crippen molar-refractivity contribution in [1.29, 1.82) is 0 Å². The number of hydrogen-bond acceptors (Lipinski definition) is 4. The molecule has 114 valence electrons. The van der Waals surface area contributed by atoms with Crippen LogP contribution < -0.4 is 20.1 Å². The van der Waals surface area contributed by atoms with Crippen molar-refractivity contribution in [2.45, 2.75) is 26.3 Å². The maximum Gasteiger partial charge on any atom is 0.326 e. The third-order valence-corrected chi connectivity index (χ3v) is 2.94. The van der Waals surface area contributed by atoms with E-state index in [-0.39, 0.29) is 12.7 Å². The molecule has 1 atom stereocenters. The van der Waals surface area contributed by atoms with E-state index in [1.54, 1.807) is 18.2 Å². The molecule has 0 aliphatic carbocycles. The Morgan fingerprint density at radius 3 is 2.67 bits per heavy atom. The van der Waals surface area contributed by atoms with Crippen molar-refractivity contribution in [2.24, 2.45) is 5.92 Å². The summed E-state index contributed by atoms with van der Waals surface area (Å²) in [6.07, 6.45) is 0.365. The average molecular weight is 294 g/mol. The van der Waals surface area contributed by atoms with Crippen LogP contribution >= 0.6 is 0 Å². The number of amides is 2. The summed E-state index contributed by atoms with van der Waals surface area (Å²) >= 11 is 0. The van der Waals surface area contributed by atoms with Gasteiger partial charge in [0.05, 0.1) is 0 Å². The summed E-state index contributed by atoms with van der Waals surface area (Å²) in [6, 6.07) is 3.48. The number of aliphatic carboxylic acids is 1. The molecule has 0 saturated carbocycles. The van der Waals surface area contributed by atoms with Gasteiger partial charge < -0.3 is 25.2 Å². The van der Waals surface area contributed by atoms with Crippen LogP contribution in [0.4, 0.5) is 10.5 Å². The number of rotatable bonds is 5. The summed E-state index contributed by atoms with van der Waals surface area (Å²) in [7, 11) is 0. The van der Waals surface area contributed by atoms with Crippen molar-refractivity contribution in [2.75, 3.05) is 12.1 Å². The molecule has 21 heavy (non-hydrogen) atoms. The number of benzene rings is 1. The van der Waals surface area contributed by atoms with Crippen molar-refractivity contribution in [3.05, 3.63) is 18.2 Å². The van der Waals surface area contributed by atoms with Crippen LogP contribution in [0.2, 0.25) is 0 Å². The van der Waals surface area contributed by atoms with Gasteiger partial charge in [0.1, 0.15) is 6.04 Å². The molecule has 7 nitrogen and oxygen atoms in total. The number of anilines is 1. The van der Waals surface area contributed by atoms with Crippen molar-refractivity contribution < 1.29 is 24.2 Å². The fraction of sp³-hybridized carbons (Fsp3) is 0.429. The molecule has 7 heteroatoms. The third kappa shape index (κ3) is 4.01. The number of carboxylic acid groups (broad SMARTS) is 1. The van der Waals surface area contributed by atoms with Crippen LogP contribution in [0.3, 0.4) is 0 Å². The van der Waals surface area contributed by atoms with E-state index in [9.17, 15) is 9.59 Å². The van der Waals surface area contributed by atoms with E-state index < -0.39 is 18.0 Å². The molecule has 2 amide bonds. The Labute approximate surface area is 122 Å². The van der Waals surface area contributed by atoms with E-state index in [0.717, 1.165) is 0 Å². The topological polar surface area (TPSA) is 96.9 Å². The lowest BCUT2D eigenvalue weighted by Crippen LogP contribution is -2.43. The maximum atomic E-state index is 11.9. The summed E-state index contributed by atoms with van der Waals surface area (Å²) in [5, 5.41) is 14.1. The van der Waals surface area contributed by atoms with Crippen molar-refractivity contribution in [3.63, 3.8) is 0 Å². The van der Waals surface area contributed by atoms with Crippen LogP contribution in [0, 0.1) is 5.92 Å². The largest absolute Gasteiger partial charge is 0.480 e. The van der Waals surface area contributed by atoms with E-state index in [4.69, 9.17) is 14.6 Å². The van der Waals surface area contributed by atoms with E-state index in [1.165, 1.54) is 0 Å². The highest BCUT2D eigenvalue weighted by atomic mass is 16.7. The standard InChI is InChI=1S/C14H18N2O5/c1-8(2)5-10(13(17)18)16-14(19)15-9-3-4-11-12(6-9)21-7-20-11/h3-4,6,8,10H,5,7H2,1-2H3,(H,17,18)(H2,15,16,19)/t10-/m0/s1. The summed E-state index contributed by atoms with van der Waals surface area (Å²) in [6.45, 7) is 3.95. The highest BCUT2D eigenvalue weighted by molar-refractivity contribution is 5.92. The zero-order valence-electron chi connectivity index (χ0n) is 11.9. The molecule has 0 aromatic heterocycles. The lowest BCUT2D eigenvalue weighted by atomic mass is 10.0. The molecule has 2 rings (SSSR count). The first-order valence-electron chi connectivity index (χ1n) is 6.65. The Bertz CT molecular complexity index is 544. The van der Waals surface area contributed by atoms with Gasteiger partial charge in [0.25, 0.3) is 0 Å². The zero-order chi connectivity index (χ0) is 15.4. The van der Waals surface area contributed by atoms with Crippen LogP contribution in [0.1, 0.15) is 20.3 Å². The van der Waals surface area contributed by atoms with Gasteiger partial charge in [-0.05, 0) is 24.5 Å². The normalized spacial score (nSPS) is 13.9. The SMILES string of the molecule is CC(C)C[C@H](NC(=O)Nc1ccc2c(c1)OCO2)C(=O)O. The first-order chi connectivity index (χ1) is 9.95. The lowest BCUT2D eigenvalue weighted by molar-refractivity contribution is -0.139. The predicted molar refractivity (Wildman–Crippen MR) is 75.6 cm³/mol. The number of nitrogens with one attached hydrogen (secondary N) is 2. The molecular weight excluding hydrogens is 276 g/mol. The molecule has 1 heterocycles. The minimum absolute atomic E-state index is 0.153. The number of fused-ring (bicyclic) bond motifs is 1. The highest BCUT2D eigenvalue weighted by Crippen LogP contribution is 2.34. The molecular formula is C14H18N2O5. The minimum atomic E-state index is -1.05. The van der Waals surface area contributed by atoms with E-state index in [0.29, 0.717) is 23.6 Å². The second-order valence-electron chi connectivity index (χ2n) is 5.19. The molecule has 1 aliphatic rings. The Hall–Kier alpha value is -2.44. The Balaban J connectivity index is 1.96. The summed E-state index contributed by atoms with van der Waals surface area (Å²) in [4.78, 5) is 22.9. The molecule has 0 bridgehead atoms. The van der Waals surface area contributed by atoms with Gasteiger partial charge in [0, 0.05) is 11.8 Å². The number of carboxylic acids is 1. The maximum absolute atomic E-state index is 11.9. The van der Waals surface area contributed by atoms with Crippen LogP contribution in [-0.2, 0) is 4.79 Å².